The first kappa shape index (κ1) is 21.5. The molecule has 0 aromatic heterocycles. The Labute approximate surface area is 183 Å². The van der Waals surface area contributed by atoms with Gasteiger partial charge in [-0.2, -0.15) is 0 Å². The van der Waals surface area contributed by atoms with Crippen molar-refractivity contribution in [2.75, 3.05) is 5.32 Å². The van der Waals surface area contributed by atoms with Crippen molar-refractivity contribution in [3.8, 4) is 0 Å². The van der Waals surface area contributed by atoms with E-state index in [1.807, 2.05) is 0 Å². The lowest BCUT2D eigenvalue weighted by atomic mass is 9.75. The molecule has 1 amide bonds. The lowest BCUT2D eigenvalue weighted by Gasteiger charge is -2.50. The molecule has 0 spiro atoms. The number of aliphatic hydroxyl groups is 1. The van der Waals surface area contributed by atoms with Crippen molar-refractivity contribution >= 4 is 34.8 Å². The number of anilines is 2. The lowest BCUT2D eigenvalue weighted by molar-refractivity contribution is -0.139. The van der Waals surface area contributed by atoms with E-state index in [0.29, 0.717) is 24.1 Å². The van der Waals surface area contributed by atoms with E-state index in [1.54, 1.807) is 32.0 Å². The summed E-state index contributed by atoms with van der Waals surface area (Å²) < 4.78 is 27.2. The van der Waals surface area contributed by atoms with Crippen LogP contribution in [0.4, 0.5) is 20.2 Å². The molecule has 0 bridgehead atoms. The van der Waals surface area contributed by atoms with Crippen molar-refractivity contribution < 1.29 is 18.7 Å². The summed E-state index contributed by atoms with van der Waals surface area (Å²) in [6.45, 7) is 3.48. The maximum absolute atomic E-state index is 14.1. The summed E-state index contributed by atoms with van der Waals surface area (Å²) in [5.41, 5.74) is -0.740. The van der Waals surface area contributed by atoms with Crippen LogP contribution in [0.15, 0.2) is 36.4 Å². The van der Waals surface area contributed by atoms with Gasteiger partial charge in [-0.1, -0.05) is 23.7 Å². The zero-order valence-electron chi connectivity index (χ0n) is 17.1. The van der Waals surface area contributed by atoms with Crippen LogP contribution in [0.1, 0.15) is 38.7 Å². The normalized spacial score (nSPS) is 28.2. The highest BCUT2D eigenvalue weighted by Crippen LogP contribution is 2.41. The fourth-order valence-electron chi connectivity index (χ4n) is 4.36. The van der Waals surface area contributed by atoms with Crippen LogP contribution >= 0.6 is 11.6 Å². The fraction of sp³-hybridized carbons (Fsp3) is 0.364. The van der Waals surface area contributed by atoms with E-state index in [9.17, 15) is 18.7 Å². The Hall–Kier alpha value is -2.71. The van der Waals surface area contributed by atoms with Gasteiger partial charge in [-0.05, 0) is 50.5 Å². The number of halogens is 3. The molecular formula is C22H23ClF2N4O2. The zero-order chi connectivity index (χ0) is 22.6. The second-order valence-corrected chi connectivity index (χ2v) is 9.10. The molecule has 4 N–H and O–H groups in total. The molecule has 0 unspecified atom stereocenters. The van der Waals surface area contributed by atoms with Crippen molar-refractivity contribution in [2.45, 2.75) is 50.3 Å². The smallest absolute Gasteiger partial charge is 0.232 e. The van der Waals surface area contributed by atoms with Crippen molar-refractivity contribution in [1.82, 2.24) is 10.2 Å². The molecule has 1 aliphatic carbocycles. The van der Waals surface area contributed by atoms with Gasteiger partial charge in [-0.15, -0.1) is 0 Å². The molecule has 1 aliphatic heterocycles. The van der Waals surface area contributed by atoms with Gasteiger partial charge in [-0.25, -0.2) is 8.78 Å². The van der Waals surface area contributed by atoms with E-state index in [-0.39, 0.29) is 35.0 Å². The Balaban J connectivity index is 1.59. The molecule has 2 aromatic rings. The summed E-state index contributed by atoms with van der Waals surface area (Å²) >= 11 is 6.61. The number of hydrogen-bond donors (Lipinski definition) is 4. The maximum atomic E-state index is 14.1. The number of amides is 1. The summed E-state index contributed by atoms with van der Waals surface area (Å²) in [5, 5.41) is 24.6. The van der Waals surface area contributed by atoms with E-state index in [4.69, 9.17) is 17.0 Å². The molecule has 2 fully saturated rings. The number of guanidine groups is 1. The first-order valence-corrected chi connectivity index (χ1v) is 10.3. The van der Waals surface area contributed by atoms with E-state index in [2.05, 4.69) is 10.6 Å². The number of carbonyl (C=O) groups is 1. The predicted octanol–water partition coefficient (Wildman–Crippen LogP) is 4.25. The van der Waals surface area contributed by atoms with Gasteiger partial charge in [-0.3, -0.25) is 15.1 Å². The minimum Gasteiger partial charge on any atom is -0.390 e. The molecule has 4 rings (SSSR count). The van der Waals surface area contributed by atoms with Crippen molar-refractivity contribution in [2.24, 2.45) is 0 Å². The van der Waals surface area contributed by atoms with Crippen LogP contribution < -0.4 is 10.6 Å². The summed E-state index contributed by atoms with van der Waals surface area (Å²) in [6.07, 6.45) is 0.897. The third kappa shape index (κ3) is 3.97. The first-order valence-electron chi connectivity index (χ1n) is 9.91. The highest BCUT2D eigenvalue weighted by atomic mass is 35.5. The molecule has 1 atom stereocenters. The Kier molecular flexibility index (Phi) is 5.18. The van der Waals surface area contributed by atoms with E-state index in [0.717, 1.165) is 12.1 Å². The third-order valence-corrected chi connectivity index (χ3v) is 6.33. The molecule has 1 saturated carbocycles. The van der Waals surface area contributed by atoms with Gasteiger partial charge in [0.05, 0.1) is 34.0 Å². The summed E-state index contributed by atoms with van der Waals surface area (Å²) in [6, 6.07) is 8.08. The highest BCUT2D eigenvalue weighted by Gasteiger charge is 2.49. The molecule has 2 aromatic carbocycles. The Morgan fingerprint density at radius 3 is 2.55 bits per heavy atom. The molecule has 1 saturated heterocycles. The third-order valence-electron chi connectivity index (χ3n) is 5.92. The number of nitrogens with zero attached hydrogens (tertiary/aromatic N) is 1. The van der Waals surface area contributed by atoms with Crippen LogP contribution in [0.3, 0.4) is 0 Å². The standard InChI is InChI=1S/C22H23ClF2N4O2/c1-21(31)9-13(10-21)29-18(30)11-22(2,28-20(29)26)14-4-3-5-17(19(14)23)27-16-7-6-12(24)8-15(16)25/h3-8,13,27,31H,9-11H2,1-2H3,(H2,26,28)/t13?,21?,22-/m0/s1. The average molecular weight is 449 g/mol. The second-order valence-electron chi connectivity index (χ2n) is 8.72. The average Bonchev–Trinajstić information content (AvgIpc) is 2.63. The maximum Gasteiger partial charge on any atom is 0.232 e. The quantitative estimate of drug-likeness (QED) is 0.563. The molecule has 2 aliphatic rings. The SMILES string of the molecule is CC1(O)CC(N2C(=N)N[C@](C)(c3cccc(Nc4ccc(F)cc4F)c3Cl)CC2=O)C1. The minimum absolute atomic E-state index is 0.0433. The molecule has 0 radical (unpaired) electrons. The van der Waals surface area contributed by atoms with E-state index < -0.39 is 22.8 Å². The van der Waals surface area contributed by atoms with Crippen LogP contribution in [-0.4, -0.2) is 33.5 Å². The number of carbonyl (C=O) groups excluding carboxylic acids is 1. The zero-order valence-corrected chi connectivity index (χ0v) is 17.9. The van der Waals surface area contributed by atoms with Gasteiger partial charge in [0.2, 0.25) is 5.91 Å². The second kappa shape index (κ2) is 7.46. The Morgan fingerprint density at radius 1 is 1.23 bits per heavy atom. The molecular weight excluding hydrogens is 426 g/mol. The first-order chi connectivity index (χ1) is 14.5. The fourth-order valence-corrected chi connectivity index (χ4v) is 4.74. The van der Waals surface area contributed by atoms with Crippen molar-refractivity contribution in [1.29, 1.82) is 5.41 Å². The molecule has 6 nitrogen and oxygen atoms in total. The summed E-state index contributed by atoms with van der Waals surface area (Å²) in [4.78, 5) is 14.3. The Morgan fingerprint density at radius 2 is 1.94 bits per heavy atom. The largest absolute Gasteiger partial charge is 0.390 e. The predicted molar refractivity (Wildman–Crippen MR) is 114 cm³/mol. The van der Waals surface area contributed by atoms with Crippen LogP contribution in [0, 0.1) is 17.0 Å². The molecule has 164 valence electrons. The molecule has 9 heteroatoms. The number of benzene rings is 2. The number of nitrogens with one attached hydrogen (secondary N) is 3. The number of hydrogen-bond acceptors (Lipinski definition) is 4. The molecule has 31 heavy (non-hydrogen) atoms. The Bertz CT molecular complexity index is 1050. The lowest BCUT2D eigenvalue weighted by Crippen LogP contribution is -2.66. The van der Waals surface area contributed by atoms with Crippen molar-refractivity contribution in [3.63, 3.8) is 0 Å². The van der Waals surface area contributed by atoms with Gasteiger partial charge in [0.25, 0.3) is 0 Å². The molecule has 1 heterocycles. The van der Waals surface area contributed by atoms with Crippen molar-refractivity contribution in [3.05, 3.63) is 58.6 Å². The van der Waals surface area contributed by atoms with Crippen LogP contribution in [0.2, 0.25) is 5.02 Å². The topological polar surface area (TPSA) is 88.4 Å². The van der Waals surface area contributed by atoms with Gasteiger partial charge in [0.1, 0.15) is 11.6 Å². The van der Waals surface area contributed by atoms with Crippen LogP contribution in [0.5, 0.6) is 0 Å². The van der Waals surface area contributed by atoms with Gasteiger partial charge < -0.3 is 15.7 Å². The van der Waals surface area contributed by atoms with Gasteiger partial charge >= 0.3 is 0 Å². The van der Waals surface area contributed by atoms with Crippen LogP contribution in [-0.2, 0) is 10.3 Å². The van der Waals surface area contributed by atoms with Gasteiger partial charge in [0, 0.05) is 12.1 Å². The monoisotopic (exact) mass is 448 g/mol. The highest BCUT2D eigenvalue weighted by molar-refractivity contribution is 6.34. The van der Waals surface area contributed by atoms with E-state index >= 15 is 0 Å². The van der Waals surface area contributed by atoms with E-state index in [1.165, 1.54) is 11.0 Å². The summed E-state index contributed by atoms with van der Waals surface area (Å²) in [7, 11) is 0. The van der Waals surface area contributed by atoms with Crippen LogP contribution in [0.25, 0.3) is 0 Å². The minimum atomic E-state index is -0.951. The number of rotatable bonds is 4. The summed E-state index contributed by atoms with van der Waals surface area (Å²) in [5.74, 6) is -1.71. The van der Waals surface area contributed by atoms with Gasteiger partial charge in [0.15, 0.2) is 5.96 Å².